The Morgan fingerprint density at radius 3 is 2.97 bits per heavy atom. The zero-order chi connectivity index (χ0) is 20.9. The first-order chi connectivity index (χ1) is 15.2. The van der Waals surface area contributed by atoms with E-state index in [2.05, 4.69) is 30.5 Å². The molecule has 1 saturated carbocycles. The van der Waals surface area contributed by atoms with E-state index in [9.17, 15) is 4.79 Å². The van der Waals surface area contributed by atoms with Crippen LogP contribution in [0.3, 0.4) is 0 Å². The molecule has 1 fully saturated rings. The maximum Gasteiger partial charge on any atom is 0.267 e. The summed E-state index contributed by atoms with van der Waals surface area (Å²) in [5, 5.41) is 11.1. The van der Waals surface area contributed by atoms with Crippen LogP contribution in [0.1, 0.15) is 24.7 Å². The Bertz CT molecular complexity index is 1470. The summed E-state index contributed by atoms with van der Waals surface area (Å²) in [5.74, 6) is 1.53. The van der Waals surface area contributed by atoms with Gasteiger partial charge in [0, 0.05) is 6.20 Å². The molecule has 0 aliphatic heterocycles. The minimum atomic E-state index is -0.245. The van der Waals surface area contributed by atoms with Crippen LogP contribution >= 0.6 is 22.9 Å². The molecule has 31 heavy (non-hydrogen) atoms. The highest BCUT2D eigenvalue weighted by Crippen LogP contribution is 2.43. The number of hydrogen-bond donors (Lipinski definition) is 2. The lowest BCUT2D eigenvalue weighted by Gasteiger charge is -2.22. The average Bonchev–Trinajstić information content (AvgIpc) is 3.24. The van der Waals surface area contributed by atoms with E-state index in [0.29, 0.717) is 44.7 Å². The molecule has 1 aliphatic rings. The van der Waals surface area contributed by atoms with Crippen molar-refractivity contribution in [1.29, 1.82) is 0 Å². The number of benzene rings is 1. The first kappa shape index (κ1) is 18.4. The minimum Gasteiger partial charge on any atom is -0.358 e. The third-order valence-electron chi connectivity index (χ3n) is 5.41. The van der Waals surface area contributed by atoms with Crippen LogP contribution in [0.5, 0.6) is 0 Å². The van der Waals surface area contributed by atoms with Crippen LogP contribution in [0.4, 0.5) is 5.82 Å². The van der Waals surface area contributed by atoms with E-state index in [1.165, 1.54) is 17.7 Å². The minimum absolute atomic E-state index is 0.235. The second-order valence-electron chi connectivity index (χ2n) is 7.39. The molecular formula is C20H15ClN8OS. The first-order valence-corrected chi connectivity index (χ1v) is 11.0. The SMILES string of the molecule is O=c1c2c(Cl)cccc2nc(C(Nc2ncnc3scnc23)C2CC2)n1-c1cn[nH]c1. The predicted octanol–water partition coefficient (Wildman–Crippen LogP) is 3.73. The largest absolute Gasteiger partial charge is 0.358 e. The normalized spacial score (nSPS) is 14.9. The van der Waals surface area contributed by atoms with Crippen molar-refractivity contribution in [2.75, 3.05) is 5.32 Å². The third-order valence-corrected chi connectivity index (χ3v) is 6.46. The Morgan fingerprint density at radius 1 is 1.26 bits per heavy atom. The van der Waals surface area contributed by atoms with Gasteiger partial charge in [0.25, 0.3) is 5.56 Å². The van der Waals surface area contributed by atoms with Gasteiger partial charge in [-0.2, -0.15) is 5.10 Å². The molecule has 11 heteroatoms. The molecule has 1 aliphatic carbocycles. The van der Waals surface area contributed by atoms with Crippen molar-refractivity contribution in [3.8, 4) is 5.69 Å². The molecule has 1 atom stereocenters. The van der Waals surface area contributed by atoms with Crippen molar-refractivity contribution in [1.82, 2.24) is 34.7 Å². The molecule has 0 saturated heterocycles. The summed E-state index contributed by atoms with van der Waals surface area (Å²) in [7, 11) is 0. The maximum atomic E-state index is 13.6. The van der Waals surface area contributed by atoms with Gasteiger partial charge in [-0.25, -0.2) is 19.9 Å². The van der Waals surface area contributed by atoms with Gasteiger partial charge >= 0.3 is 0 Å². The number of nitrogens with one attached hydrogen (secondary N) is 2. The molecule has 6 rings (SSSR count). The highest BCUT2D eigenvalue weighted by Gasteiger charge is 2.37. The van der Waals surface area contributed by atoms with E-state index in [1.54, 1.807) is 40.7 Å². The van der Waals surface area contributed by atoms with E-state index >= 15 is 0 Å². The van der Waals surface area contributed by atoms with E-state index < -0.39 is 0 Å². The summed E-state index contributed by atoms with van der Waals surface area (Å²) in [6.45, 7) is 0. The fourth-order valence-electron chi connectivity index (χ4n) is 3.80. The molecule has 4 aromatic heterocycles. The highest BCUT2D eigenvalue weighted by molar-refractivity contribution is 7.16. The van der Waals surface area contributed by atoms with Gasteiger partial charge in [-0.15, -0.1) is 11.3 Å². The Morgan fingerprint density at radius 2 is 2.16 bits per heavy atom. The van der Waals surface area contributed by atoms with E-state index in [4.69, 9.17) is 16.6 Å². The zero-order valence-corrected chi connectivity index (χ0v) is 17.6. The van der Waals surface area contributed by atoms with Crippen molar-refractivity contribution < 1.29 is 0 Å². The number of aromatic amines is 1. The van der Waals surface area contributed by atoms with Crippen LogP contribution in [0, 0.1) is 5.92 Å². The fraction of sp³-hybridized carbons (Fsp3) is 0.200. The third kappa shape index (κ3) is 3.06. The Hall–Kier alpha value is -3.37. The topological polar surface area (TPSA) is 114 Å². The lowest BCUT2D eigenvalue weighted by atomic mass is 10.1. The van der Waals surface area contributed by atoms with Crippen LogP contribution in [-0.4, -0.2) is 34.7 Å². The van der Waals surface area contributed by atoms with Gasteiger partial charge < -0.3 is 5.32 Å². The molecule has 0 spiro atoms. The molecule has 4 heterocycles. The zero-order valence-electron chi connectivity index (χ0n) is 16.0. The van der Waals surface area contributed by atoms with Gasteiger partial charge in [0.2, 0.25) is 0 Å². The van der Waals surface area contributed by atoms with E-state index in [1.807, 2.05) is 0 Å². The van der Waals surface area contributed by atoms with Gasteiger partial charge in [0.05, 0.1) is 39.4 Å². The molecule has 9 nitrogen and oxygen atoms in total. The number of fused-ring (bicyclic) bond motifs is 2. The fourth-order valence-corrected chi connectivity index (χ4v) is 4.68. The molecule has 1 aromatic carbocycles. The number of hydrogen-bond acceptors (Lipinski definition) is 8. The molecule has 2 N–H and O–H groups in total. The van der Waals surface area contributed by atoms with Gasteiger partial charge in [-0.3, -0.25) is 14.5 Å². The highest BCUT2D eigenvalue weighted by atomic mass is 35.5. The quantitative estimate of drug-likeness (QED) is 0.419. The van der Waals surface area contributed by atoms with Gasteiger partial charge in [-0.05, 0) is 30.9 Å². The molecule has 0 amide bonds. The van der Waals surface area contributed by atoms with Crippen molar-refractivity contribution in [3.63, 3.8) is 0 Å². The standard InChI is InChI=1S/C20H15ClN8OS/c21-12-2-1-3-13-14(12)20(30)29(11-6-25-26-7-11)18(27-13)15(10-4-5-10)28-17-16-19(23-8-22-17)31-9-24-16/h1-3,6-10,15H,4-5H2,(H,25,26)(H,22,23,28). The van der Waals surface area contributed by atoms with Gasteiger partial charge in [-0.1, -0.05) is 17.7 Å². The number of thiazole rings is 1. The van der Waals surface area contributed by atoms with Crippen molar-refractivity contribution in [3.05, 3.63) is 63.6 Å². The Balaban J connectivity index is 1.59. The lowest BCUT2D eigenvalue weighted by molar-refractivity contribution is 0.609. The van der Waals surface area contributed by atoms with Crippen LogP contribution in [0.2, 0.25) is 5.02 Å². The van der Waals surface area contributed by atoms with E-state index in [-0.39, 0.29) is 11.6 Å². The van der Waals surface area contributed by atoms with Crippen molar-refractivity contribution >= 4 is 50.0 Å². The predicted molar refractivity (Wildman–Crippen MR) is 119 cm³/mol. The Labute approximate surface area is 184 Å². The molecular weight excluding hydrogens is 436 g/mol. The van der Waals surface area contributed by atoms with Crippen molar-refractivity contribution in [2.24, 2.45) is 5.92 Å². The maximum absolute atomic E-state index is 13.6. The number of anilines is 1. The second-order valence-corrected chi connectivity index (χ2v) is 8.63. The molecule has 154 valence electrons. The van der Waals surface area contributed by atoms with Crippen LogP contribution in [0.15, 0.2) is 47.2 Å². The monoisotopic (exact) mass is 450 g/mol. The van der Waals surface area contributed by atoms with Gasteiger partial charge in [0.1, 0.15) is 22.5 Å². The smallest absolute Gasteiger partial charge is 0.267 e. The Kier molecular flexibility index (Phi) is 4.22. The summed E-state index contributed by atoms with van der Waals surface area (Å²) >= 11 is 7.82. The number of H-pyrrole nitrogens is 1. The summed E-state index contributed by atoms with van der Waals surface area (Å²) in [6, 6.07) is 5.05. The molecule has 0 bridgehead atoms. The van der Waals surface area contributed by atoms with Crippen LogP contribution in [-0.2, 0) is 0 Å². The average molecular weight is 451 g/mol. The molecule has 5 aromatic rings. The molecule has 0 radical (unpaired) electrons. The number of aromatic nitrogens is 7. The number of halogens is 1. The summed E-state index contributed by atoms with van der Waals surface area (Å²) in [5.41, 5.74) is 3.37. The van der Waals surface area contributed by atoms with Crippen LogP contribution < -0.4 is 10.9 Å². The number of rotatable bonds is 5. The van der Waals surface area contributed by atoms with Crippen molar-refractivity contribution in [2.45, 2.75) is 18.9 Å². The lowest BCUT2D eigenvalue weighted by Crippen LogP contribution is -2.29. The number of nitrogens with zero attached hydrogens (tertiary/aromatic N) is 6. The molecule has 1 unspecified atom stereocenters. The van der Waals surface area contributed by atoms with Crippen LogP contribution in [0.25, 0.3) is 26.9 Å². The van der Waals surface area contributed by atoms with Gasteiger partial charge in [0.15, 0.2) is 5.82 Å². The second kappa shape index (κ2) is 7.10. The summed E-state index contributed by atoms with van der Waals surface area (Å²) < 4.78 is 1.58. The first-order valence-electron chi connectivity index (χ1n) is 9.72. The van der Waals surface area contributed by atoms with E-state index in [0.717, 1.165) is 17.7 Å². The summed E-state index contributed by atoms with van der Waals surface area (Å²) in [6.07, 6.45) is 6.84. The summed E-state index contributed by atoms with van der Waals surface area (Å²) in [4.78, 5) is 32.4.